The van der Waals surface area contributed by atoms with E-state index in [-0.39, 0.29) is 0 Å². The molecule has 11 heavy (non-hydrogen) atoms. The molecule has 1 heterocycles. The Morgan fingerprint density at radius 1 is 1.64 bits per heavy atom. The predicted molar refractivity (Wildman–Crippen MR) is 45.4 cm³/mol. The van der Waals surface area contributed by atoms with Crippen LogP contribution < -0.4 is 4.74 Å². The first-order valence-electron chi connectivity index (χ1n) is 3.62. The lowest BCUT2D eigenvalue weighted by molar-refractivity contribution is 0.120. The summed E-state index contributed by atoms with van der Waals surface area (Å²) in [6, 6.07) is 0. The van der Waals surface area contributed by atoms with Crippen molar-refractivity contribution in [1.29, 1.82) is 0 Å². The maximum Gasteiger partial charge on any atom is 0.274 e. The maximum absolute atomic E-state index is 5.62. The van der Waals surface area contributed by atoms with Gasteiger partial charge in [-0.2, -0.15) is 4.98 Å². The van der Waals surface area contributed by atoms with Crippen LogP contribution >= 0.6 is 22.9 Å². The van der Waals surface area contributed by atoms with Gasteiger partial charge in [0.2, 0.25) is 0 Å². The molecule has 1 saturated carbocycles. The highest BCUT2D eigenvalue weighted by Crippen LogP contribution is 2.28. The van der Waals surface area contributed by atoms with E-state index < -0.39 is 0 Å². The Morgan fingerprint density at radius 2 is 2.45 bits per heavy atom. The second-order valence-corrected chi connectivity index (χ2v) is 3.81. The summed E-state index contributed by atoms with van der Waals surface area (Å²) in [5, 5.41) is 3.03. The number of aromatic nitrogens is 1. The maximum atomic E-state index is 5.62. The molecule has 1 aromatic heterocycles. The SMILES string of the molecule is Clc1csc(OC2CCC2)n1. The molecule has 2 rings (SSSR count). The van der Waals surface area contributed by atoms with E-state index >= 15 is 0 Å². The summed E-state index contributed by atoms with van der Waals surface area (Å²) in [7, 11) is 0. The lowest BCUT2D eigenvalue weighted by Gasteiger charge is -2.24. The van der Waals surface area contributed by atoms with Crippen LogP contribution in [-0.2, 0) is 0 Å². The molecular weight excluding hydrogens is 182 g/mol. The number of nitrogens with zero attached hydrogens (tertiary/aromatic N) is 1. The minimum Gasteiger partial charge on any atom is -0.467 e. The molecule has 2 nitrogen and oxygen atoms in total. The minimum absolute atomic E-state index is 0.400. The van der Waals surface area contributed by atoms with Crippen LogP contribution in [0.15, 0.2) is 5.38 Å². The van der Waals surface area contributed by atoms with Crippen molar-refractivity contribution >= 4 is 22.9 Å². The lowest BCUT2D eigenvalue weighted by atomic mass is 9.96. The van der Waals surface area contributed by atoms with Crippen LogP contribution in [0.2, 0.25) is 5.15 Å². The van der Waals surface area contributed by atoms with E-state index in [9.17, 15) is 0 Å². The largest absolute Gasteiger partial charge is 0.467 e. The summed E-state index contributed by atoms with van der Waals surface area (Å²) in [6.45, 7) is 0. The summed E-state index contributed by atoms with van der Waals surface area (Å²) in [4.78, 5) is 3.99. The van der Waals surface area contributed by atoms with Crippen molar-refractivity contribution in [2.24, 2.45) is 0 Å². The van der Waals surface area contributed by atoms with Crippen LogP contribution in [0.5, 0.6) is 5.19 Å². The van der Waals surface area contributed by atoms with Crippen molar-refractivity contribution in [3.8, 4) is 5.19 Å². The average Bonchev–Trinajstić information content (AvgIpc) is 2.27. The highest BCUT2D eigenvalue weighted by Gasteiger charge is 2.20. The molecule has 0 atom stereocenters. The summed E-state index contributed by atoms with van der Waals surface area (Å²) in [5.74, 6) is 0. The Kier molecular flexibility index (Phi) is 2.00. The molecule has 0 N–H and O–H groups in total. The molecule has 0 spiro atoms. The van der Waals surface area contributed by atoms with Gasteiger partial charge in [-0.3, -0.25) is 0 Å². The zero-order valence-electron chi connectivity index (χ0n) is 5.92. The van der Waals surface area contributed by atoms with Gasteiger partial charge in [-0.25, -0.2) is 0 Å². The molecule has 60 valence electrons. The zero-order valence-corrected chi connectivity index (χ0v) is 7.49. The molecule has 1 fully saturated rings. The van der Waals surface area contributed by atoms with Crippen molar-refractivity contribution in [2.75, 3.05) is 0 Å². The molecule has 1 aliphatic rings. The predicted octanol–water partition coefficient (Wildman–Crippen LogP) is 2.73. The lowest BCUT2D eigenvalue weighted by Crippen LogP contribution is -2.24. The Morgan fingerprint density at radius 3 is 2.91 bits per heavy atom. The van der Waals surface area contributed by atoms with E-state index in [0.29, 0.717) is 16.5 Å². The number of halogens is 1. The fourth-order valence-electron chi connectivity index (χ4n) is 0.924. The quantitative estimate of drug-likeness (QED) is 0.714. The van der Waals surface area contributed by atoms with Crippen LogP contribution in [0.25, 0.3) is 0 Å². The van der Waals surface area contributed by atoms with Crippen molar-refractivity contribution in [1.82, 2.24) is 4.98 Å². The summed E-state index contributed by atoms with van der Waals surface area (Å²) >= 11 is 7.09. The summed E-state index contributed by atoms with van der Waals surface area (Å²) in [6.07, 6.45) is 4.01. The van der Waals surface area contributed by atoms with E-state index in [1.54, 1.807) is 5.38 Å². The van der Waals surface area contributed by atoms with Crippen LogP contribution in [0.4, 0.5) is 0 Å². The highest BCUT2D eigenvalue weighted by molar-refractivity contribution is 7.11. The summed E-state index contributed by atoms with van der Waals surface area (Å²) in [5.41, 5.74) is 0. The Labute approximate surface area is 74.2 Å². The monoisotopic (exact) mass is 189 g/mol. The summed E-state index contributed by atoms with van der Waals surface area (Å²) < 4.78 is 5.49. The first kappa shape index (κ1) is 7.37. The van der Waals surface area contributed by atoms with E-state index in [2.05, 4.69) is 4.98 Å². The van der Waals surface area contributed by atoms with Gasteiger partial charge < -0.3 is 4.74 Å². The van der Waals surface area contributed by atoms with Crippen LogP contribution in [0, 0.1) is 0 Å². The third-order valence-corrected chi connectivity index (χ3v) is 2.83. The van der Waals surface area contributed by atoms with Crippen molar-refractivity contribution in [2.45, 2.75) is 25.4 Å². The molecule has 0 radical (unpaired) electrons. The molecule has 0 saturated heterocycles. The number of hydrogen-bond donors (Lipinski definition) is 0. The molecule has 1 aliphatic carbocycles. The average molecular weight is 190 g/mol. The van der Waals surface area contributed by atoms with E-state index in [1.165, 1.54) is 17.8 Å². The van der Waals surface area contributed by atoms with Crippen molar-refractivity contribution < 1.29 is 4.74 Å². The van der Waals surface area contributed by atoms with Gasteiger partial charge in [-0.1, -0.05) is 22.9 Å². The van der Waals surface area contributed by atoms with Crippen LogP contribution in [0.1, 0.15) is 19.3 Å². The minimum atomic E-state index is 0.400. The number of ether oxygens (including phenoxy) is 1. The van der Waals surface area contributed by atoms with E-state index in [0.717, 1.165) is 12.8 Å². The fraction of sp³-hybridized carbons (Fsp3) is 0.571. The van der Waals surface area contributed by atoms with Gasteiger partial charge in [0, 0.05) is 5.38 Å². The fourth-order valence-corrected chi connectivity index (χ4v) is 1.78. The number of thiazole rings is 1. The molecule has 0 aromatic carbocycles. The molecule has 0 amide bonds. The third kappa shape index (κ3) is 1.65. The zero-order chi connectivity index (χ0) is 7.68. The standard InChI is InChI=1S/C7H8ClNOS/c8-6-4-11-7(9-6)10-5-2-1-3-5/h4-5H,1-3H2. The van der Waals surface area contributed by atoms with Gasteiger partial charge in [-0.05, 0) is 19.3 Å². The normalized spacial score (nSPS) is 17.9. The van der Waals surface area contributed by atoms with E-state index in [1.807, 2.05) is 0 Å². The van der Waals surface area contributed by atoms with Gasteiger partial charge in [0.15, 0.2) is 0 Å². The first-order chi connectivity index (χ1) is 5.34. The van der Waals surface area contributed by atoms with Gasteiger partial charge in [0.05, 0.1) is 0 Å². The van der Waals surface area contributed by atoms with Crippen LogP contribution in [0.3, 0.4) is 0 Å². The molecule has 0 aliphatic heterocycles. The second-order valence-electron chi connectivity index (χ2n) is 2.61. The van der Waals surface area contributed by atoms with Gasteiger partial charge >= 0.3 is 0 Å². The molecule has 0 unspecified atom stereocenters. The second kappa shape index (κ2) is 2.99. The Bertz CT molecular complexity index is 246. The van der Waals surface area contributed by atoms with Crippen LogP contribution in [-0.4, -0.2) is 11.1 Å². The Balaban J connectivity index is 1.95. The highest BCUT2D eigenvalue weighted by atomic mass is 35.5. The number of hydrogen-bond acceptors (Lipinski definition) is 3. The van der Waals surface area contributed by atoms with Gasteiger partial charge in [0.25, 0.3) is 5.19 Å². The molecule has 1 aromatic rings. The van der Waals surface area contributed by atoms with Crippen molar-refractivity contribution in [3.63, 3.8) is 0 Å². The van der Waals surface area contributed by atoms with Gasteiger partial charge in [0.1, 0.15) is 11.3 Å². The van der Waals surface area contributed by atoms with Gasteiger partial charge in [-0.15, -0.1) is 0 Å². The first-order valence-corrected chi connectivity index (χ1v) is 4.88. The topological polar surface area (TPSA) is 22.1 Å². The van der Waals surface area contributed by atoms with Crippen molar-refractivity contribution in [3.05, 3.63) is 10.5 Å². The molecule has 0 bridgehead atoms. The molecule has 4 heteroatoms. The van der Waals surface area contributed by atoms with E-state index in [4.69, 9.17) is 16.3 Å². The Hall–Kier alpha value is -0.280. The molecular formula is C7H8ClNOS. The smallest absolute Gasteiger partial charge is 0.274 e. The third-order valence-electron chi connectivity index (χ3n) is 1.77. The number of rotatable bonds is 2.